The SMILES string of the molecule is Cc1ccc(C(=O)Nc2nnc(CC(=O)N/N=C\c3ccc(OCc4ccc(Cl)cc4Cl)cc3)s2)cc1. The number of nitrogens with one attached hydrogen (secondary N) is 2. The van der Waals surface area contributed by atoms with Gasteiger partial charge in [0.15, 0.2) is 0 Å². The van der Waals surface area contributed by atoms with Crippen molar-refractivity contribution in [3.05, 3.63) is 104 Å². The fraction of sp³-hybridized carbons (Fsp3) is 0.115. The Labute approximate surface area is 227 Å². The number of aromatic nitrogens is 2. The lowest BCUT2D eigenvalue weighted by molar-refractivity contribution is -0.120. The van der Waals surface area contributed by atoms with E-state index in [1.165, 1.54) is 6.21 Å². The second-order valence-electron chi connectivity index (χ2n) is 7.88. The molecular weight excluding hydrogens is 533 g/mol. The van der Waals surface area contributed by atoms with Gasteiger partial charge in [-0.25, -0.2) is 5.43 Å². The highest BCUT2D eigenvalue weighted by molar-refractivity contribution is 7.15. The van der Waals surface area contributed by atoms with Crippen LogP contribution in [0.15, 0.2) is 71.8 Å². The molecule has 37 heavy (non-hydrogen) atoms. The van der Waals surface area contributed by atoms with E-state index in [4.69, 9.17) is 27.9 Å². The van der Waals surface area contributed by atoms with Crippen molar-refractivity contribution in [2.45, 2.75) is 20.0 Å². The molecule has 4 aromatic rings. The van der Waals surface area contributed by atoms with Gasteiger partial charge in [-0.1, -0.05) is 58.3 Å². The molecular formula is C26H21Cl2N5O3S. The second-order valence-corrected chi connectivity index (χ2v) is 9.79. The van der Waals surface area contributed by atoms with E-state index in [-0.39, 0.29) is 18.2 Å². The number of ether oxygens (including phenoxy) is 1. The summed E-state index contributed by atoms with van der Waals surface area (Å²) in [6.45, 7) is 2.25. The number of nitrogens with zero attached hydrogens (tertiary/aromatic N) is 3. The van der Waals surface area contributed by atoms with Gasteiger partial charge < -0.3 is 4.74 Å². The number of amides is 2. The van der Waals surface area contributed by atoms with E-state index in [1.54, 1.807) is 36.4 Å². The largest absolute Gasteiger partial charge is 0.489 e. The van der Waals surface area contributed by atoms with Crippen LogP contribution in [0.4, 0.5) is 5.13 Å². The van der Waals surface area contributed by atoms with Gasteiger partial charge in [-0.2, -0.15) is 5.10 Å². The summed E-state index contributed by atoms with van der Waals surface area (Å²) >= 11 is 13.2. The maximum Gasteiger partial charge on any atom is 0.257 e. The summed E-state index contributed by atoms with van der Waals surface area (Å²) in [4.78, 5) is 24.5. The molecule has 0 bridgehead atoms. The Morgan fingerprint density at radius 2 is 1.78 bits per heavy atom. The Hall–Kier alpha value is -3.79. The first-order valence-corrected chi connectivity index (χ1v) is 12.6. The van der Waals surface area contributed by atoms with Gasteiger partial charge in [0.25, 0.3) is 5.91 Å². The van der Waals surface area contributed by atoms with Crippen molar-refractivity contribution in [3.8, 4) is 5.75 Å². The highest BCUT2D eigenvalue weighted by Gasteiger charge is 2.12. The number of carbonyl (C=O) groups is 2. The summed E-state index contributed by atoms with van der Waals surface area (Å²) < 4.78 is 5.75. The Morgan fingerprint density at radius 3 is 2.51 bits per heavy atom. The van der Waals surface area contributed by atoms with Crippen LogP contribution < -0.4 is 15.5 Å². The van der Waals surface area contributed by atoms with Crippen molar-refractivity contribution in [3.63, 3.8) is 0 Å². The molecule has 0 aliphatic rings. The minimum absolute atomic E-state index is 0.0184. The highest BCUT2D eigenvalue weighted by Crippen LogP contribution is 2.23. The number of hydrazone groups is 1. The number of benzene rings is 3. The highest BCUT2D eigenvalue weighted by atomic mass is 35.5. The van der Waals surface area contributed by atoms with E-state index in [0.717, 1.165) is 28.0 Å². The summed E-state index contributed by atoms with van der Waals surface area (Å²) in [6, 6.07) is 19.6. The van der Waals surface area contributed by atoms with Crippen LogP contribution in [-0.2, 0) is 17.8 Å². The monoisotopic (exact) mass is 553 g/mol. The molecule has 188 valence electrons. The number of anilines is 1. The molecule has 0 saturated heterocycles. The molecule has 1 heterocycles. The number of aryl methyl sites for hydroxylation is 1. The fourth-order valence-electron chi connectivity index (χ4n) is 3.06. The normalized spacial score (nSPS) is 10.9. The number of hydrogen-bond acceptors (Lipinski definition) is 7. The van der Waals surface area contributed by atoms with Gasteiger partial charge in [-0.3, -0.25) is 14.9 Å². The summed E-state index contributed by atoms with van der Waals surface area (Å²) in [5.74, 6) is 0.0132. The molecule has 2 amide bonds. The molecule has 3 aromatic carbocycles. The van der Waals surface area contributed by atoms with Crippen LogP contribution in [0, 0.1) is 6.92 Å². The molecule has 8 nitrogen and oxygen atoms in total. The van der Waals surface area contributed by atoms with Crippen LogP contribution in [0.25, 0.3) is 0 Å². The van der Waals surface area contributed by atoms with E-state index >= 15 is 0 Å². The van der Waals surface area contributed by atoms with Crippen molar-refractivity contribution in [1.82, 2.24) is 15.6 Å². The van der Waals surface area contributed by atoms with Gasteiger partial charge in [0.1, 0.15) is 17.4 Å². The zero-order valence-electron chi connectivity index (χ0n) is 19.6. The van der Waals surface area contributed by atoms with E-state index in [0.29, 0.717) is 38.1 Å². The Balaban J connectivity index is 1.22. The molecule has 0 radical (unpaired) electrons. The van der Waals surface area contributed by atoms with Gasteiger partial charge in [-0.05, 0) is 61.0 Å². The van der Waals surface area contributed by atoms with E-state index in [9.17, 15) is 9.59 Å². The van der Waals surface area contributed by atoms with Crippen LogP contribution in [0.5, 0.6) is 5.75 Å². The lowest BCUT2D eigenvalue weighted by Gasteiger charge is -2.08. The number of rotatable bonds is 9. The molecule has 1 aromatic heterocycles. The van der Waals surface area contributed by atoms with Crippen molar-refractivity contribution in [1.29, 1.82) is 0 Å². The van der Waals surface area contributed by atoms with Crippen LogP contribution >= 0.6 is 34.5 Å². The van der Waals surface area contributed by atoms with Gasteiger partial charge >= 0.3 is 0 Å². The lowest BCUT2D eigenvalue weighted by Crippen LogP contribution is -2.19. The van der Waals surface area contributed by atoms with Gasteiger partial charge in [0, 0.05) is 21.2 Å². The molecule has 0 saturated carbocycles. The quantitative estimate of drug-likeness (QED) is 0.205. The Bertz CT molecular complexity index is 1420. The van der Waals surface area contributed by atoms with Crippen molar-refractivity contribution < 1.29 is 14.3 Å². The summed E-state index contributed by atoms with van der Waals surface area (Å²) in [7, 11) is 0. The van der Waals surface area contributed by atoms with E-state index in [2.05, 4.69) is 26.0 Å². The predicted octanol–water partition coefficient (Wildman–Crippen LogP) is 5.68. The molecule has 0 atom stereocenters. The molecule has 11 heteroatoms. The van der Waals surface area contributed by atoms with Crippen LogP contribution in [0.2, 0.25) is 10.0 Å². The van der Waals surface area contributed by atoms with Crippen LogP contribution in [0.3, 0.4) is 0 Å². The third-order valence-corrected chi connectivity index (χ3v) is 6.43. The van der Waals surface area contributed by atoms with Gasteiger partial charge in [0.2, 0.25) is 11.0 Å². The summed E-state index contributed by atoms with van der Waals surface area (Å²) in [5, 5.41) is 16.4. The maximum atomic E-state index is 12.3. The van der Waals surface area contributed by atoms with Crippen LogP contribution in [0.1, 0.15) is 32.1 Å². The number of hydrogen-bond donors (Lipinski definition) is 2. The Morgan fingerprint density at radius 1 is 1.03 bits per heavy atom. The second kappa shape index (κ2) is 12.4. The summed E-state index contributed by atoms with van der Waals surface area (Å²) in [6.07, 6.45) is 1.50. The average Bonchev–Trinajstić information content (AvgIpc) is 3.31. The van der Waals surface area contributed by atoms with Crippen molar-refractivity contribution in [2.75, 3.05) is 5.32 Å². The first-order valence-electron chi connectivity index (χ1n) is 11.0. The fourth-order valence-corrected chi connectivity index (χ4v) is 4.25. The van der Waals surface area contributed by atoms with Crippen molar-refractivity contribution >= 4 is 57.7 Å². The molecule has 2 N–H and O–H groups in total. The third kappa shape index (κ3) is 7.85. The van der Waals surface area contributed by atoms with E-state index in [1.807, 2.05) is 37.3 Å². The minimum Gasteiger partial charge on any atom is -0.489 e. The van der Waals surface area contributed by atoms with Crippen LogP contribution in [-0.4, -0.2) is 28.2 Å². The molecule has 0 spiro atoms. The number of carbonyl (C=O) groups excluding carboxylic acids is 2. The standard InChI is InChI=1S/C26H21Cl2N5O3S/c1-16-2-6-18(7-3-16)25(35)30-26-33-32-24(37-26)13-23(34)31-29-14-17-4-10-21(11-5-17)36-15-19-8-9-20(27)12-22(19)28/h2-12,14H,13,15H2,1H3,(H,31,34)(H,30,33,35)/b29-14-. The molecule has 0 aliphatic carbocycles. The summed E-state index contributed by atoms with van der Waals surface area (Å²) in [5.41, 5.74) is 5.63. The number of halogens is 2. The van der Waals surface area contributed by atoms with Gasteiger partial charge in [0.05, 0.1) is 12.6 Å². The van der Waals surface area contributed by atoms with E-state index < -0.39 is 0 Å². The smallest absolute Gasteiger partial charge is 0.257 e. The predicted molar refractivity (Wildman–Crippen MR) is 146 cm³/mol. The zero-order valence-corrected chi connectivity index (χ0v) is 21.9. The minimum atomic E-state index is -0.358. The topological polar surface area (TPSA) is 106 Å². The first kappa shape index (κ1) is 26.3. The molecule has 0 fully saturated rings. The first-order chi connectivity index (χ1) is 17.9. The van der Waals surface area contributed by atoms with Gasteiger partial charge in [-0.15, -0.1) is 10.2 Å². The maximum absolute atomic E-state index is 12.3. The van der Waals surface area contributed by atoms with Crippen molar-refractivity contribution in [2.24, 2.45) is 5.10 Å². The molecule has 0 unspecified atom stereocenters. The Kier molecular flexibility index (Phi) is 8.84. The average molecular weight is 554 g/mol. The molecule has 4 rings (SSSR count). The zero-order chi connectivity index (χ0) is 26.2. The third-order valence-electron chi connectivity index (χ3n) is 5.01. The molecule has 0 aliphatic heterocycles. The lowest BCUT2D eigenvalue weighted by atomic mass is 10.1.